The van der Waals surface area contributed by atoms with Gasteiger partial charge in [-0.25, -0.2) is 0 Å². The van der Waals surface area contributed by atoms with Crippen LogP contribution in [0.25, 0.3) is 6.08 Å². The fourth-order valence-corrected chi connectivity index (χ4v) is 1.30. The van der Waals surface area contributed by atoms with Crippen molar-refractivity contribution < 1.29 is 19.7 Å². The third kappa shape index (κ3) is 2.86. The Morgan fingerprint density at radius 3 is 2.50 bits per heavy atom. The first-order valence-corrected chi connectivity index (χ1v) is 5.31. The largest absolute Gasteiger partial charge is 0.504 e. The molecule has 0 aliphatic rings. The Bertz CT molecular complexity index is 639. The number of ether oxygens (including phenoxy) is 1. The van der Waals surface area contributed by atoms with Crippen LogP contribution in [0, 0.1) is 22.7 Å². The van der Waals surface area contributed by atoms with Crippen LogP contribution >= 0.6 is 0 Å². The number of benzene rings is 1. The molecule has 0 amide bonds. The first-order valence-electron chi connectivity index (χ1n) is 5.31. The molecule has 0 heterocycles. The number of nitriles is 2. The number of hydrogen-bond donors (Lipinski definition) is 3. The second-order valence-corrected chi connectivity index (χ2v) is 3.82. The van der Waals surface area contributed by atoms with Gasteiger partial charge in [0, 0.05) is 0 Å². The summed E-state index contributed by atoms with van der Waals surface area (Å²) in [4.78, 5) is 11.6. The number of aromatic hydroxyl groups is 2. The standard InChI is InChI=1S/C13H11N3O4/c1-20-10-5-8(4-9(17)12(10)19)2-3-11(18)13(16,6-14)7-15/h2-5,17,19H,16H2,1H3/b3-2+. The van der Waals surface area contributed by atoms with Gasteiger partial charge >= 0.3 is 0 Å². The number of carbonyl (C=O) groups is 1. The third-order valence-electron chi connectivity index (χ3n) is 2.47. The topological polar surface area (TPSA) is 140 Å². The minimum Gasteiger partial charge on any atom is -0.504 e. The summed E-state index contributed by atoms with van der Waals surface area (Å²) in [5, 5.41) is 36.2. The highest BCUT2D eigenvalue weighted by Crippen LogP contribution is 2.36. The van der Waals surface area contributed by atoms with E-state index < -0.39 is 22.8 Å². The molecular weight excluding hydrogens is 262 g/mol. The lowest BCUT2D eigenvalue weighted by Gasteiger charge is -2.08. The first-order chi connectivity index (χ1) is 9.37. The Labute approximate surface area is 114 Å². The van der Waals surface area contributed by atoms with Crippen molar-refractivity contribution >= 4 is 11.9 Å². The van der Waals surface area contributed by atoms with E-state index in [1.54, 1.807) is 0 Å². The molecule has 0 fully saturated rings. The van der Waals surface area contributed by atoms with Crippen molar-refractivity contribution in [3.05, 3.63) is 23.8 Å². The highest BCUT2D eigenvalue weighted by atomic mass is 16.5. The Kier molecular flexibility index (Phi) is 4.31. The van der Waals surface area contributed by atoms with Gasteiger partial charge in [-0.1, -0.05) is 6.08 Å². The second kappa shape index (κ2) is 5.74. The van der Waals surface area contributed by atoms with Crippen LogP contribution in [0.5, 0.6) is 17.2 Å². The van der Waals surface area contributed by atoms with Gasteiger partial charge in [-0.15, -0.1) is 0 Å². The average Bonchev–Trinajstić information content (AvgIpc) is 2.46. The van der Waals surface area contributed by atoms with Crippen LogP contribution in [0.15, 0.2) is 18.2 Å². The summed E-state index contributed by atoms with van der Waals surface area (Å²) in [5.74, 6) is -1.75. The molecule has 0 aliphatic heterocycles. The zero-order valence-electron chi connectivity index (χ0n) is 10.5. The van der Waals surface area contributed by atoms with Crippen molar-refractivity contribution in [2.75, 3.05) is 7.11 Å². The molecule has 0 bridgehead atoms. The molecule has 0 atom stereocenters. The molecule has 0 aliphatic carbocycles. The summed E-state index contributed by atoms with van der Waals surface area (Å²) in [6.45, 7) is 0. The lowest BCUT2D eigenvalue weighted by molar-refractivity contribution is -0.116. The molecule has 0 saturated carbocycles. The predicted molar refractivity (Wildman–Crippen MR) is 68.5 cm³/mol. The fraction of sp³-hybridized carbons (Fsp3) is 0.154. The van der Waals surface area contributed by atoms with E-state index >= 15 is 0 Å². The zero-order chi connectivity index (χ0) is 15.3. The fourth-order valence-electron chi connectivity index (χ4n) is 1.30. The van der Waals surface area contributed by atoms with Gasteiger partial charge in [0.2, 0.25) is 11.5 Å². The number of nitrogens with two attached hydrogens (primary N) is 1. The molecule has 0 aromatic heterocycles. The summed E-state index contributed by atoms with van der Waals surface area (Å²) >= 11 is 0. The van der Waals surface area contributed by atoms with Gasteiger partial charge in [-0.05, 0) is 23.8 Å². The van der Waals surface area contributed by atoms with Crippen molar-refractivity contribution in [2.45, 2.75) is 5.54 Å². The number of ketones is 1. The number of phenols is 2. The molecule has 0 unspecified atom stereocenters. The van der Waals surface area contributed by atoms with Gasteiger partial charge in [-0.2, -0.15) is 10.5 Å². The normalized spacial score (nSPS) is 10.8. The number of hydrogen-bond acceptors (Lipinski definition) is 7. The van der Waals surface area contributed by atoms with E-state index in [0.717, 1.165) is 6.08 Å². The number of rotatable bonds is 4. The van der Waals surface area contributed by atoms with Gasteiger partial charge in [0.25, 0.3) is 5.54 Å². The Hall–Kier alpha value is -3.03. The molecule has 102 valence electrons. The molecule has 4 N–H and O–H groups in total. The molecule has 0 spiro atoms. The Morgan fingerprint density at radius 2 is 2.00 bits per heavy atom. The van der Waals surface area contributed by atoms with Crippen molar-refractivity contribution in [1.29, 1.82) is 10.5 Å². The highest BCUT2D eigenvalue weighted by Gasteiger charge is 2.31. The van der Waals surface area contributed by atoms with E-state index in [1.807, 2.05) is 0 Å². The van der Waals surface area contributed by atoms with E-state index in [9.17, 15) is 15.0 Å². The maximum atomic E-state index is 11.6. The van der Waals surface area contributed by atoms with E-state index in [2.05, 4.69) is 0 Å². The predicted octanol–water partition coefficient (Wildman–Crippen LogP) is 0.433. The zero-order valence-corrected chi connectivity index (χ0v) is 10.5. The molecule has 20 heavy (non-hydrogen) atoms. The van der Waals surface area contributed by atoms with Crippen LogP contribution in [0.2, 0.25) is 0 Å². The number of nitrogens with zero attached hydrogens (tertiary/aromatic N) is 2. The minimum atomic E-state index is -2.25. The SMILES string of the molecule is COc1cc(/C=C/C(=O)C(N)(C#N)C#N)cc(O)c1O. The van der Waals surface area contributed by atoms with Gasteiger partial charge in [-0.3, -0.25) is 10.5 Å². The lowest BCUT2D eigenvalue weighted by atomic mass is 9.98. The van der Waals surface area contributed by atoms with Crippen LogP contribution in [0.3, 0.4) is 0 Å². The van der Waals surface area contributed by atoms with Gasteiger partial charge in [0.05, 0.1) is 7.11 Å². The van der Waals surface area contributed by atoms with Crippen molar-refractivity contribution in [3.8, 4) is 29.4 Å². The average molecular weight is 273 g/mol. The van der Waals surface area contributed by atoms with Crippen LogP contribution < -0.4 is 10.5 Å². The minimum absolute atomic E-state index is 0.0108. The summed E-state index contributed by atoms with van der Waals surface area (Å²) < 4.78 is 4.82. The smallest absolute Gasteiger partial charge is 0.253 e. The van der Waals surface area contributed by atoms with E-state index in [4.69, 9.17) is 21.0 Å². The number of methoxy groups -OCH3 is 1. The molecule has 1 rings (SSSR count). The maximum absolute atomic E-state index is 11.6. The molecule has 7 nitrogen and oxygen atoms in total. The Balaban J connectivity index is 3.10. The molecule has 0 radical (unpaired) electrons. The monoisotopic (exact) mass is 273 g/mol. The lowest BCUT2D eigenvalue weighted by Crippen LogP contribution is -2.44. The maximum Gasteiger partial charge on any atom is 0.253 e. The molecule has 1 aromatic rings. The Morgan fingerprint density at radius 1 is 1.40 bits per heavy atom. The van der Waals surface area contributed by atoms with E-state index in [0.29, 0.717) is 5.56 Å². The first kappa shape index (κ1) is 15.0. The number of carbonyl (C=O) groups excluding carboxylic acids is 1. The van der Waals surface area contributed by atoms with Crippen LogP contribution in [-0.4, -0.2) is 28.6 Å². The molecular formula is C13H11N3O4. The van der Waals surface area contributed by atoms with Crippen LogP contribution in [0.1, 0.15) is 5.56 Å². The summed E-state index contributed by atoms with van der Waals surface area (Å²) in [6.07, 6.45) is 2.18. The van der Waals surface area contributed by atoms with Gasteiger partial charge in [0.1, 0.15) is 12.1 Å². The summed E-state index contributed by atoms with van der Waals surface area (Å²) in [7, 11) is 1.30. The van der Waals surface area contributed by atoms with Crippen LogP contribution in [-0.2, 0) is 4.79 Å². The van der Waals surface area contributed by atoms with Crippen molar-refractivity contribution in [1.82, 2.24) is 0 Å². The van der Waals surface area contributed by atoms with Gasteiger partial charge in [0.15, 0.2) is 11.5 Å². The molecule has 7 heteroatoms. The highest BCUT2D eigenvalue weighted by molar-refractivity contribution is 6.05. The summed E-state index contributed by atoms with van der Waals surface area (Å²) in [5.41, 5.74) is 3.35. The van der Waals surface area contributed by atoms with E-state index in [-0.39, 0.29) is 5.75 Å². The van der Waals surface area contributed by atoms with Crippen LogP contribution in [0.4, 0.5) is 0 Å². The molecule has 0 saturated heterocycles. The van der Waals surface area contributed by atoms with Crippen molar-refractivity contribution in [3.63, 3.8) is 0 Å². The van der Waals surface area contributed by atoms with E-state index in [1.165, 1.54) is 37.5 Å². The quantitative estimate of drug-likeness (QED) is 0.533. The molecule has 1 aromatic carbocycles. The van der Waals surface area contributed by atoms with Gasteiger partial charge < -0.3 is 14.9 Å². The second-order valence-electron chi connectivity index (χ2n) is 3.82. The summed E-state index contributed by atoms with van der Waals surface area (Å²) in [6, 6.07) is 5.35. The van der Waals surface area contributed by atoms with Crippen molar-refractivity contribution in [2.24, 2.45) is 5.73 Å². The third-order valence-corrected chi connectivity index (χ3v) is 2.47. The number of phenolic OH excluding ortho intramolecular Hbond substituents is 2.